The lowest BCUT2D eigenvalue weighted by atomic mass is 10.1. The largest absolute Gasteiger partial charge is 0.295 e. The van der Waals surface area contributed by atoms with Crippen molar-refractivity contribution in [3.05, 3.63) is 77.7 Å². The Kier molecular flexibility index (Phi) is 5.00. The Morgan fingerprint density at radius 1 is 0.969 bits per heavy atom. The molecule has 2 N–H and O–H groups in total. The van der Waals surface area contributed by atoms with Crippen molar-refractivity contribution in [2.24, 2.45) is 0 Å². The average Bonchev–Trinajstić information content (AvgIpc) is 3.27. The number of anilines is 1. The molecule has 4 aromatic rings. The topological polar surface area (TPSA) is 102 Å². The molecule has 5 rings (SSSR count). The van der Waals surface area contributed by atoms with E-state index in [0.29, 0.717) is 10.4 Å². The molecule has 0 atom stereocenters. The highest BCUT2D eigenvalue weighted by Crippen LogP contribution is 2.56. The second kappa shape index (κ2) is 7.62. The monoisotopic (exact) mass is 482 g/mol. The Balaban J connectivity index is 1.65. The van der Waals surface area contributed by atoms with Gasteiger partial charge in [-0.05, 0) is 52.7 Å². The van der Waals surface area contributed by atoms with Crippen molar-refractivity contribution in [2.75, 3.05) is 16.6 Å². The van der Waals surface area contributed by atoms with E-state index in [4.69, 9.17) is 5.26 Å². The van der Waals surface area contributed by atoms with Crippen LogP contribution in [0, 0.1) is 11.3 Å². The molecule has 32 heavy (non-hydrogen) atoms. The quantitative estimate of drug-likeness (QED) is 0.387. The summed E-state index contributed by atoms with van der Waals surface area (Å²) in [6, 6.07) is 23.1. The Labute approximate surface area is 191 Å². The normalized spacial score (nSPS) is 16.3. The molecule has 1 aliphatic heterocycles. The Bertz CT molecular complexity index is 1500. The van der Waals surface area contributed by atoms with Crippen LogP contribution in [0.25, 0.3) is 21.2 Å². The summed E-state index contributed by atoms with van der Waals surface area (Å²) in [6.45, 7) is -0.0398. The van der Waals surface area contributed by atoms with E-state index in [2.05, 4.69) is 6.07 Å². The van der Waals surface area contributed by atoms with E-state index in [-0.39, 0.29) is 27.8 Å². The van der Waals surface area contributed by atoms with Gasteiger partial charge in [0.1, 0.15) is 10.9 Å². The third-order valence-corrected chi connectivity index (χ3v) is 10.1. The molecule has 0 unspecified atom stereocenters. The lowest BCUT2D eigenvalue weighted by molar-refractivity contribution is 0.484. The number of benzene rings is 3. The minimum absolute atomic E-state index is 0.0398. The SMILES string of the molecule is N#Cc1ccc(-c2ccc3c(c2)N(S(=O)(=O)c2ccc4ccccc4c2)CCS3(O)O)s1. The van der Waals surface area contributed by atoms with Crippen molar-refractivity contribution in [2.45, 2.75) is 9.79 Å². The van der Waals surface area contributed by atoms with Crippen molar-refractivity contribution in [1.29, 1.82) is 5.26 Å². The van der Waals surface area contributed by atoms with Crippen LogP contribution in [-0.2, 0) is 10.0 Å². The van der Waals surface area contributed by atoms with Gasteiger partial charge in [-0.2, -0.15) is 15.9 Å². The van der Waals surface area contributed by atoms with Gasteiger partial charge in [0, 0.05) is 4.88 Å². The van der Waals surface area contributed by atoms with E-state index in [1.165, 1.54) is 15.6 Å². The fourth-order valence-corrected chi connectivity index (χ4v) is 7.77. The molecular weight excluding hydrogens is 464 g/mol. The molecular formula is C23H18N2O4S3. The van der Waals surface area contributed by atoms with Gasteiger partial charge in [-0.3, -0.25) is 13.4 Å². The second-order valence-electron chi connectivity index (χ2n) is 7.42. The highest BCUT2D eigenvalue weighted by Gasteiger charge is 2.36. The molecule has 0 aliphatic carbocycles. The van der Waals surface area contributed by atoms with E-state index in [1.54, 1.807) is 48.5 Å². The van der Waals surface area contributed by atoms with Crippen molar-refractivity contribution in [3.63, 3.8) is 0 Å². The number of sulfonamides is 1. The van der Waals surface area contributed by atoms with Crippen LogP contribution in [0.2, 0.25) is 0 Å². The molecule has 0 saturated heterocycles. The molecule has 3 aromatic carbocycles. The summed E-state index contributed by atoms with van der Waals surface area (Å²) in [5.74, 6) is -0.0657. The summed E-state index contributed by atoms with van der Waals surface area (Å²) >= 11 is 1.30. The van der Waals surface area contributed by atoms with Crippen LogP contribution < -0.4 is 4.31 Å². The summed E-state index contributed by atoms with van der Waals surface area (Å²) in [5.41, 5.74) is 0.972. The number of thiophene rings is 1. The van der Waals surface area contributed by atoms with Gasteiger partial charge in [0.2, 0.25) is 0 Å². The maximum atomic E-state index is 13.6. The van der Waals surface area contributed by atoms with Gasteiger partial charge in [-0.1, -0.05) is 36.4 Å². The third kappa shape index (κ3) is 3.46. The summed E-state index contributed by atoms with van der Waals surface area (Å²) in [5, 5.41) is 10.9. The first-order valence-electron chi connectivity index (χ1n) is 9.71. The second-order valence-corrected chi connectivity index (χ2v) is 12.5. The molecule has 1 aliphatic rings. The number of nitrogens with zero attached hydrogens (tertiary/aromatic N) is 2. The molecule has 6 nitrogen and oxygen atoms in total. The zero-order valence-corrected chi connectivity index (χ0v) is 19.1. The van der Waals surface area contributed by atoms with Crippen LogP contribution in [0.3, 0.4) is 0 Å². The summed E-state index contributed by atoms with van der Waals surface area (Å²) < 4.78 is 49.7. The van der Waals surface area contributed by atoms with Gasteiger partial charge in [0.25, 0.3) is 10.0 Å². The summed E-state index contributed by atoms with van der Waals surface area (Å²) in [4.78, 5) is 1.71. The van der Waals surface area contributed by atoms with Crippen LogP contribution in [0.4, 0.5) is 5.69 Å². The maximum absolute atomic E-state index is 13.6. The van der Waals surface area contributed by atoms with E-state index >= 15 is 0 Å². The highest BCUT2D eigenvalue weighted by molar-refractivity contribution is 8.24. The minimum atomic E-state index is -3.94. The van der Waals surface area contributed by atoms with E-state index in [1.807, 2.05) is 24.3 Å². The summed E-state index contributed by atoms with van der Waals surface area (Å²) in [7, 11) is -7.05. The molecule has 0 amide bonds. The molecule has 1 aromatic heterocycles. The predicted octanol–water partition coefficient (Wildman–Crippen LogP) is 5.76. The predicted molar refractivity (Wildman–Crippen MR) is 129 cm³/mol. The van der Waals surface area contributed by atoms with Gasteiger partial charge in [0.05, 0.1) is 27.8 Å². The van der Waals surface area contributed by atoms with Gasteiger partial charge < -0.3 is 0 Å². The van der Waals surface area contributed by atoms with Crippen molar-refractivity contribution < 1.29 is 17.5 Å². The first kappa shape index (κ1) is 21.0. The van der Waals surface area contributed by atoms with Crippen molar-refractivity contribution >= 4 is 48.4 Å². The fraction of sp³-hybridized carbons (Fsp3) is 0.0870. The van der Waals surface area contributed by atoms with Crippen LogP contribution in [-0.4, -0.2) is 29.8 Å². The molecule has 0 spiro atoms. The molecule has 0 saturated carbocycles. The fourth-order valence-electron chi connectivity index (χ4n) is 3.84. The molecule has 9 heteroatoms. The van der Waals surface area contributed by atoms with E-state index < -0.39 is 20.6 Å². The number of fused-ring (bicyclic) bond motifs is 2. The van der Waals surface area contributed by atoms with Gasteiger partial charge in [-0.15, -0.1) is 11.3 Å². The van der Waals surface area contributed by atoms with Crippen LogP contribution in [0.1, 0.15) is 4.88 Å². The number of hydrogen-bond acceptors (Lipinski definition) is 6. The Hall–Kier alpha value is -2.87. The molecule has 2 heterocycles. The Morgan fingerprint density at radius 3 is 2.50 bits per heavy atom. The smallest absolute Gasteiger partial charge is 0.264 e. The molecule has 0 fully saturated rings. The standard InChI is InChI=1S/C23H18N2O4S3/c24-15-19-7-9-22(30-19)18-6-10-23-21(14-18)25(11-12-31(23,26)27)32(28,29)20-8-5-16-3-1-2-4-17(16)13-20/h1-10,13-14,26-27H,11-12H2. The van der Waals surface area contributed by atoms with Gasteiger partial charge in [-0.25, -0.2) is 8.42 Å². The Morgan fingerprint density at radius 2 is 1.75 bits per heavy atom. The van der Waals surface area contributed by atoms with E-state index in [9.17, 15) is 17.5 Å². The van der Waals surface area contributed by atoms with Crippen LogP contribution >= 0.6 is 21.9 Å². The van der Waals surface area contributed by atoms with Crippen molar-refractivity contribution in [3.8, 4) is 16.5 Å². The average molecular weight is 483 g/mol. The first-order valence-corrected chi connectivity index (χ1v) is 13.7. The van der Waals surface area contributed by atoms with Crippen LogP contribution in [0.15, 0.2) is 82.6 Å². The first-order chi connectivity index (χ1) is 15.3. The lowest BCUT2D eigenvalue weighted by Gasteiger charge is -2.42. The molecule has 162 valence electrons. The zero-order chi connectivity index (χ0) is 22.5. The lowest BCUT2D eigenvalue weighted by Crippen LogP contribution is -2.38. The number of rotatable bonds is 3. The van der Waals surface area contributed by atoms with Gasteiger partial charge >= 0.3 is 0 Å². The van der Waals surface area contributed by atoms with Crippen molar-refractivity contribution in [1.82, 2.24) is 0 Å². The summed E-state index contributed by atoms with van der Waals surface area (Å²) in [6.07, 6.45) is 0. The van der Waals surface area contributed by atoms with Gasteiger partial charge in [0.15, 0.2) is 0 Å². The number of hydrogen-bond donors (Lipinski definition) is 2. The highest BCUT2D eigenvalue weighted by atomic mass is 32.3. The molecule has 0 radical (unpaired) electrons. The zero-order valence-electron chi connectivity index (χ0n) is 16.7. The maximum Gasteiger partial charge on any atom is 0.264 e. The minimum Gasteiger partial charge on any atom is -0.295 e. The number of nitriles is 1. The molecule has 0 bridgehead atoms. The third-order valence-electron chi connectivity index (χ3n) is 5.47. The van der Waals surface area contributed by atoms with Crippen LogP contribution in [0.5, 0.6) is 0 Å². The van der Waals surface area contributed by atoms with E-state index in [0.717, 1.165) is 15.6 Å².